The van der Waals surface area contributed by atoms with Crippen LogP contribution in [0.4, 0.5) is 0 Å². The maximum Gasteiger partial charge on any atom is 0.192 e. The first-order chi connectivity index (χ1) is 15.7. The number of aliphatic hydroxyl groups is 1. The average molecular weight is 505 g/mol. The Morgan fingerprint density at radius 2 is 1.76 bits per heavy atom. The van der Waals surface area contributed by atoms with E-state index in [1.807, 2.05) is 25.6 Å². The van der Waals surface area contributed by atoms with Crippen LogP contribution in [0.2, 0.25) is 18.1 Å². The van der Waals surface area contributed by atoms with Crippen LogP contribution >= 0.6 is 11.8 Å². The lowest BCUT2D eigenvalue weighted by Crippen LogP contribution is -2.50. The molecule has 194 valence electrons. The largest absolute Gasteiger partial charge is 0.414 e. The fourth-order valence-electron chi connectivity index (χ4n) is 6.55. The zero-order valence-electron chi connectivity index (χ0n) is 23.3. The Labute approximate surface area is 216 Å². The third kappa shape index (κ3) is 6.92. The van der Waals surface area contributed by atoms with E-state index in [4.69, 9.17) is 4.43 Å². The molecule has 0 unspecified atom stereocenters. The van der Waals surface area contributed by atoms with E-state index in [1.54, 1.807) is 0 Å². The van der Waals surface area contributed by atoms with Crippen molar-refractivity contribution < 1.29 is 9.53 Å². The standard InChI is InChI=1S/C30H52O2SSi/c1-28(2,3)34(7,8)32-27-17-13-21-30(6)25(18-19-26(27)30)23(14-12-20-29(4,5)31)22-33-24-15-10-9-11-16-24/h9-11,15-16,23,25-27,31H,12-14,17-22H2,1-8H3/t23-,25+,26-,27-,30+/m0/s1. The van der Waals surface area contributed by atoms with Gasteiger partial charge in [-0.15, -0.1) is 11.8 Å². The normalized spacial score (nSPS) is 29.1. The first kappa shape index (κ1) is 28.3. The van der Waals surface area contributed by atoms with Gasteiger partial charge in [0.15, 0.2) is 8.32 Å². The van der Waals surface area contributed by atoms with E-state index in [9.17, 15) is 5.11 Å². The molecule has 0 bridgehead atoms. The molecule has 1 N–H and O–H groups in total. The van der Waals surface area contributed by atoms with Crippen LogP contribution in [-0.2, 0) is 4.43 Å². The zero-order valence-corrected chi connectivity index (χ0v) is 25.1. The van der Waals surface area contributed by atoms with Gasteiger partial charge >= 0.3 is 0 Å². The molecule has 2 aliphatic carbocycles. The van der Waals surface area contributed by atoms with Gasteiger partial charge < -0.3 is 9.53 Å². The molecule has 2 aliphatic rings. The van der Waals surface area contributed by atoms with Crippen LogP contribution in [0, 0.1) is 23.2 Å². The Hall–Kier alpha value is -0.293. The summed E-state index contributed by atoms with van der Waals surface area (Å²) >= 11 is 2.04. The van der Waals surface area contributed by atoms with E-state index in [2.05, 4.69) is 71.1 Å². The van der Waals surface area contributed by atoms with E-state index < -0.39 is 13.9 Å². The van der Waals surface area contributed by atoms with Crippen molar-refractivity contribution in [3.05, 3.63) is 30.3 Å². The Morgan fingerprint density at radius 1 is 1.09 bits per heavy atom. The van der Waals surface area contributed by atoms with Crippen LogP contribution in [0.25, 0.3) is 0 Å². The van der Waals surface area contributed by atoms with Crippen LogP contribution in [0.5, 0.6) is 0 Å². The van der Waals surface area contributed by atoms with Crippen LogP contribution in [0.15, 0.2) is 35.2 Å². The first-order valence-electron chi connectivity index (χ1n) is 13.8. The summed E-state index contributed by atoms with van der Waals surface area (Å²) in [7, 11) is -1.77. The Morgan fingerprint density at radius 3 is 2.38 bits per heavy atom. The minimum atomic E-state index is -1.77. The van der Waals surface area contributed by atoms with Gasteiger partial charge in [-0.25, -0.2) is 0 Å². The quantitative estimate of drug-likeness (QED) is 0.255. The summed E-state index contributed by atoms with van der Waals surface area (Å²) in [5.41, 5.74) is -0.173. The molecule has 0 radical (unpaired) electrons. The number of rotatable bonds is 10. The Kier molecular flexibility index (Phi) is 9.14. The van der Waals surface area contributed by atoms with Gasteiger partial charge in [0, 0.05) is 16.8 Å². The number of hydrogen-bond acceptors (Lipinski definition) is 3. The van der Waals surface area contributed by atoms with Gasteiger partial charge in [0.25, 0.3) is 0 Å². The van der Waals surface area contributed by atoms with Crippen molar-refractivity contribution in [1.29, 1.82) is 0 Å². The molecular weight excluding hydrogens is 452 g/mol. The molecule has 2 nitrogen and oxygen atoms in total. The maximum atomic E-state index is 10.3. The molecule has 0 aromatic heterocycles. The molecule has 0 saturated heterocycles. The van der Waals surface area contributed by atoms with Gasteiger partial charge in [-0.2, -0.15) is 0 Å². The van der Waals surface area contributed by atoms with Crippen LogP contribution in [0.1, 0.15) is 92.9 Å². The fraction of sp³-hybridized carbons (Fsp3) is 0.800. The van der Waals surface area contributed by atoms with Crippen LogP contribution < -0.4 is 0 Å². The van der Waals surface area contributed by atoms with Gasteiger partial charge in [0.2, 0.25) is 0 Å². The highest BCUT2D eigenvalue weighted by Gasteiger charge is 2.54. The van der Waals surface area contributed by atoms with Crippen molar-refractivity contribution in [2.24, 2.45) is 23.2 Å². The molecule has 5 atom stereocenters. The SMILES string of the molecule is CC(C)(O)CCC[C@@H](CSc1ccccc1)[C@H]1CC[C@H]2[C@@H](O[Si](C)(C)C(C)(C)C)CCC[C@]12C. The summed E-state index contributed by atoms with van der Waals surface area (Å²) in [4.78, 5) is 1.39. The second kappa shape index (κ2) is 11.0. The zero-order chi connectivity index (χ0) is 25.2. The second-order valence-electron chi connectivity index (χ2n) is 13.7. The Bertz CT molecular complexity index is 766. The molecule has 0 aliphatic heterocycles. The lowest BCUT2D eigenvalue weighted by molar-refractivity contribution is -0.0214. The number of benzene rings is 1. The minimum Gasteiger partial charge on any atom is -0.414 e. The number of thioether (sulfide) groups is 1. The predicted octanol–water partition coefficient (Wildman–Crippen LogP) is 8.94. The summed E-state index contributed by atoms with van der Waals surface area (Å²) in [6, 6.07) is 10.9. The molecule has 0 amide bonds. The Balaban J connectivity index is 1.76. The van der Waals surface area contributed by atoms with Crippen molar-refractivity contribution in [2.75, 3.05) is 5.75 Å². The highest BCUT2D eigenvalue weighted by atomic mass is 32.2. The summed E-state index contributed by atoms with van der Waals surface area (Å²) in [6.45, 7) is 18.5. The van der Waals surface area contributed by atoms with Gasteiger partial charge in [-0.05, 0) is 106 Å². The van der Waals surface area contributed by atoms with Gasteiger partial charge in [-0.3, -0.25) is 0 Å². The highest BCUT2D eigenvalue weighted by Crippen LogP contribution is 2.60. The van der Waals surface area contributed by atoms with E-state index in [0.717, 1.165) is 18.8 Å². The van der Waals surface area contributed by atoms with E-state index in [1.165, 1.54) is 49.2 Å². The van der Waals surface area contributed by atoms with Gasteiger partial charge in [0.1, 0.15) is 0 Å². The number of fused-ring (bicyclic) bond motifs is 1. The van der Waals surface area contributed by atoms with Crippen LogP contribution in [0.3, 0.4) is 0 Å². The number of hydrogen-bond donors (Lipinski definition) is 1. The monoisotopic (exact) mass is 504 g/mol. The molecular formula is C30H52O2SSi. The average Bonchev–Trinajstić information content (AvgIpc) is 3.07. The van der Waals surface area contributed by atoms with Crippen molar-refractivity contribution in [3.63, 3.8) is 0 Å². The first-order valence-corrected chi connectivity index (χ1v) is 17.7. The lowest BCUT2D eigenvalue weighted by atomic mass is 9.61. The smallest absolute Gasteiger partial charge is 0.192 e. The van der Waals surface area contributed by atoms with E-state index >= 15 is 0 Å². The lowest BCUT2D eigenvalue weighted by Gasteiger charge is -2.50. The maximum absolute atomic E-state index is 10.3. The van der Waals surface area contributed by atoms with Crippen molar-refractivity contribution >= 4 is 20.1 Å². The molecule has 34 heavy (non-hydrogen) atoms. The van der Waals surface area contributed by atoms with Crippen molar-refractivity contribution in [1.82, 2.24) is 0 Å². The summed E-state index contributed by atoms with van der Waals surface area (Å²) < 4.78 is 7.11. The molecule has 4 heteroatoms. The summed E-state index contributed by atoms with van der Waals surface area (Å²) in [6.07, 6.45) is 10.3. The molecule has 3 rings (SSSR count). The van der Waals surface area contributed by atoms with Gasteiger partial charge in [-0.1, -0.05) is 58.7 Å². The van der Waals surface area contributed by atoms with E-state index in [0.29, 0.717) is 23.4 Å². The molecule has 1 aromatic carbocycles. The molecule has 1 aromatic rings. The fourth-order valence-corrected chi connectivity index (χ4v) is 9.10. The molecule has 2 saturated carbocycles. The van der Waals surface area contributed by atoms with Gasteiger partial charge in [0.05, 0.1) is 5.60 Å². The predicted molar refractivity (Wildman–Crippen MR) is 151 cm³/mol. The summed E-state index contributed by atoms with van der Waals surface area (Å²) in [5.74, 6) is 3.37. The highest BCUT2D eigenvalue weighted by molar-refractivity contribution is 7.99. The molecule has 0 heterocycles. The van der Waals surface area contributed by atoms with E-state index in [-0.39, 0.29) is 5.04 Å². The summed E-state index contributed by atoms with van der Waals surface area (Å²) in [5, 5.41) is 10.6. The van der Waals surface area contributed by atoms with Crippen LogP contribution in [-0.4, -0.2) is 30.9 Å². The van der Waals surface area contributed by atoms with Crippen molar-refractivity contribution in [3.8, 4) is 0 Å². The van der Waals surface area contributed by atoms with Crippen molar-refractivity contribution in [2.45, 2.75) is 128 Å². The topological polar surface area (TPSA) is 29.5 Å². The third-order valence-electron chi connectivity index (χ3n) is 9.53. The second-order valence-corrected chi connectivity index (χ2v) is 19.5. The molecule has 2 fully saturated rings. The third-order valence-corrected chi connectivity index (χ3v) is 15.2. The molecule has 0 spiro atoms. The minimum absolute atomic E-state index is 0.269.